The van der Waals surface area contributed by atoms with E-state index >= 15 is 0 Å². The molecule has 1 saturated carbocycles. The average Bonchev–Trinajstić information content (AvgIpc) is 3.14. The lowest BCUT2D eigenvalue weighted by atomic mass is 9.81. The summed E-state index contributed by atoms with van der Waals surface area (Å²) >= 11 is 5.31. The highest BCUT2D eigenvalue weighted by molar-refractivity contribution is 9.11. The summed E-state index contributed by atoms with van der Waals surface area (Å²) in [5.74, 6) is 1.61. The van der Waals surface area contributed by atoms with E-state index in [2.05, 4.69) is 90.2 Å². The van der Waals surface area contributed by atoms with Crippen LogP contribution in [0.25, 0.3) is 11.1 Å². The highest BCUT2D eigenvalue weighted by Crippen LogP contribution is 2.42. The monoisotopic (exact) mass is 469 g/mol. The fourth-order valence-electron chi connectivity index (χ4n) is 4.32. The van der Waals surface area contributed by atoms with Gasteiger partial charge in [-0.05, 0) is 64.2 Å². The molecule has 0 bridgehead atoms. The molecule has 0 amide bonds. The topological polar surface area (TPSA) is 22.1 Å². The molecule has 0 saturated heterocycles. The maximum atomic E-state index is 6.64. The van der Waals surface area contributed by atoms with Gasteiger partial charge in [-0.25, -0.2) is 4.98 Å². The van der Waals surface area contributed by atoms with Crippen molar-refractivity contribution in [2.75, 3.05) is 0 Å². The number of hydrogen-bond donors (Lipinski definition) is 0. The van der Waals surface area contributed by atoms with Crippen LogP contribution in [0.5, 0.6) is 5.75 Å². The summed E-state index contributed by atoms with van der Waals surface area (Å²) in [6.07, 6.45) is 6.67. The molecule has 152 valence electrons. The van der Waals surface area contributed by atoms with E-state index in [-0.39, 0.29) is 11.5 Å². The van der Waals surface area contributed by atoms with Crippen molar-refractivity contribution in [2.45, 2.75) is 63.9 Å². The Kier molecular flexibility index (Phi) is 6.12. The highest BCUT2D eigenvalue weighted by atomic mass is 79.9. The summed E-state index contributed by atoms with van der Waals surface area (Å²) in [5.41, 5.74) is 3.83. The Balaban J connectivity index is 1.55. The van der Waals surface area contributed by atoms with Crippen LogP contribution in [0.3, 0.4) is 0 Å². The molecule has 4 rings (SSSR count). The molecule has 0 atom stereocenters. The first kappa shape index (κ1) is 20.6. The number of ether oxygens (including phenoxy) is 1. The number of rotatable bonds is 4. The first-order valence-electron chi connectivity index (χ1n) is 10.4. The van der Waals surface area contributed by atoms with E-state index in [0.29, 0.717) is 5.92 Å². The molecule has 1 aromatic heterocycles. The van der Waals surface area contributed by atoms with Crippen LogP contribution in [-0.4, -0.2) is 11.1 Å². The van der Waals surface area contributed by atoms with Gasteiger partial charge < -0.3 is 4.74 Å². The van der Waals surface area contributed by atoms with Gasteiger partial charge in [0.2, 0.25) is 0 Å². The van der Waals surface area contributed by atoms with Gasteiger partial charge in [-0.2, -0.15) is 0 Å². The second kappa shape index (κ2) is 8.61. The van der Waals surface area contributed by atoms with Crippen LogP contribution < -0.4 is 4.74 Å². The molecule has 0 aliphatic heterocycles. The number of thiazole rings is 1. The van der Waals surface area contributed by atoms with Crippen LogP contribution >= 0.6 is 27.3 Å². The molecule has 1 heterocycles. The molecule has 0 unspecified atom stereocenters. The molecule has 2 nitrogen and oxygen atoms in total. The first-order valence-corrected chi connectivity index (χ1v) is 12.0. The predicted molar refractivity (Wildman–Crippen MR) is 126 cm³/mol. The number of benzene rings is 2. The fourth-order valence-corrected chi connectivity index (χ4v) is 5.74. The van der Waals surface area contributed by atoms with Gasteiger partial charge in [0.05, 0.1) is 21.1 Å². The largest absolute Gasteiger partial charge is 0.490 e. The fraction of sp³-hybridized carbons (Fsp3) is 0.400. The van der Waals surface area contributed by atoms with Gasteiger partial charge in [0.15, 0.2) is 0 Å². The number of halogens is 1. The maximum Gasteiger partial charge on any atom is 0.124 e. The summed E-state index contributed by atoms with van der Waals surface area (Å²) in [5, 5.41) is 1.26. The molecular formula is C25H28BrNOS. The Hall–Kier alpha value is -1.65. The minimum atomic E-state index is 0.00609. The smallest absolute Gasteiger partial charge is 0.124 e. The van der Waals surface area contributed by atoms with Gasteiger partial charge in [-0.3, -0.25) is 0 Å². The highest BCUT2D eigenvalue weighted by Gasteiger charge is 2.28. The van der Waals surface area contributed by atoms with Gasteiger partial charge in [-0.15, -0.1) is 11.3 Å². The molecule has 1 aliphatic rings. The average molecular weight is 470 g/mol. The molecular weight excluding hydrogens is 442 g/mol. The lowest BCUT2D eigenvalue weighted by Gasteiger charge is -2.32. The Morgan fingerprint density at radius 1 is 0.966 bits per heavy atom. The van der Waals surface area contributed by atoms with Crippen molar-refractivity contribution >= 4 is 27.3 Å². The Labute approximate surface area is 186 Å². The third-order valence-electron chi connectivity index (χ3n) is 5.67. The van der Waals surface area contributed by atoms with Gasteiger partial charge in [0.25, 0.3) is 0 Å². The van der Waals surface area contributed by atoms with Crippen molar-refractivity contribution in [3.63, 3.8) is 0 Å². The maximum absolute atomic E-state index is 6.64. The summed E-state index contributed by atoms with van der Waals surface area (Å²) in [7, 11) is 0. The van der Waals surface area contributed by atoms with E-state index in [9.17, 15) is 0 Å². The second-order valence-corrected chi connectivity index (χ2v) is 11.3. The van der Waals surface area contributed by atoms with E-state index in [0.717, 1.165) is 35.2 Å². The van der Waals surface area contributed by atoms with Crippen molar-refractivity contribution in [3.8, 4) is 16.9 Å². The lowest BCUT2D eigenvalue weighted by molar-refractivity contribution is 0.143. The van der Waals surface area contributed by atoms with E-state index in [1.54, 1.807) is 11.3 Å². The molecule has 1 aliphatic carbocycles. The van der Waals surface area contributed by atoms with E-state index in [1.807, 2.05) is 6.20 Å². The van der Waals surface area contributed by atoms with Gasteiger partial charge in [0, 0.05) is 11.5 Å². The quantitative estimate of drug-likeness (QED) is 0.386. The summed E-state index contributed by atoms with van der Waals surface area (Å²) in [6, 6.07) is 17.2. The van der Waals surface area contributed by atoms with Crippen LogP contribution in [0, 0.1) is 0 Å². The van der Waals surface area contributed by atoms with Crippen LogP contribution in [0.1, 0.15) is 62.9 Å². The van der Waals surface area contributed by atoms with Crippen LogP contribution in [0.4, 0.5) is 0 Å². The van der Waals surface area contributed by atoms with E-state index < -0.39 is 0 Å². The number of aromatic nitrogens is 1. The van der Waals surface area contributed by atoms with Crippen LogP contribution in [0.15, 0.2) is 58.5 Å². The van der Waals surface area contributed by atoms with Crippen LogP contribution in [-0.2, 0) is 5.41 Å². The molecule has 4 heteroatoms. The zero-order valence-corrected chi connectivity index (χ0v) is 19.7. The molecule has 2 aromatic carbocycles. The number of nitrogens with zero attached hydrogens (tertiary/aromatic N) is 1. The second-order valence-electron chi connectivity index (χ2n) is 8.89. The third-order valence-corrected chi connectivity index (χ3v) is 7.31. The van der Waals surface area contributed by atoms with E-state index in [4.69, 9.17) is 4.74 Å². The Morgan fingerprint density at radius 3 is 2.31 bits per heavy atom. The lowest BCUT2D eigenvalue weighted by Crippen LogP contribution is -2.25. The normalized spacial score (nSPS) is 19.9. The molecule has 1 fully saturated rings. The third kappa shape index (κ3) is 4.75. The molecule has 0 N–H and O–H groups in total. The van der Waals surface area contributed by atoms with Crippen molar-refractivity contribution in [1.82, 2.24) is 4.98 Å². The Bertz CT molecular complexity index is 952. The minimum Gasteiger partial charge on any atom is -0.490 e. The first-order chi connectivity index (χ1) is 13.9. The van der Waals surface area contributed by atoms with Crippen molar-refractivity contribution < 1.29 is 4.74 Å². The van der Waals surface area contributed by atoms with E-state index in [1.165, 1.54) is 21.7 Å². The summed E-state index contributed by atoms with van der Waals surface area (Å²) < 4.78 is 7.76. The van der Waals surface area contributed by atoms with Crippen molar-refractivity contribution in [3.05, 3.63) is 69.1 Å². The predicted octanol–water partition coefficient (Wildman–Crippen LogP) is 7.98. The SMILES string of the molecule is CC(C)(C)c1c(OC2CCC(c3ncc(Br)s3)CC2)cccc1-c1ccccc1. The molecule has 0 radical (unpaired) electrons. The Morgan fingerprint density at radius 2 is 1.69 bits per heavy atom. The number of hydrogen-bond acceptors (Lipinski definition) is 3. The van der Waals surface area contributed by atoms with Gasteiger partial charge in [-0.1, -0.05) is 63.2 Å². The zero-order valence-electron chi connectivity index (χ0n) is 17.3. The van der Waals surface area contributed by atoms with Crippen molar-refractivity contribution in [1.29, 1.82) is 0 Å². The zero-order chi connectivity index (χ0) is 20.4. The molecule has 29 heavy (non-hydrogen) atoms. The van der Waals surface area contributed by atoms with Gasteiger partial charge in [0.1, 0.15) is 5.75 Å². The summed E-state index contributed by atoms with van der Waals surface area (Å²) in [6.45, 7) is 6.83. The molecule has 3 aromatic rings. The standard InChI is InChI=1S/C25H28BrNOS/c1-25(2,3)23-20(17-8-5-4-6-9-17)10-7-11-21(23)28-19-14-12-18(13-15-19)24-27-16-22(26)29-24/h4-11,16,18-19H,12-15H2,1-3H3. The minimum absolute atomic E-state index is 0.00609. The van der Waals surface area contributed by atoms with Crippen molar-refractivity contribution in [2.24, 2.45) is 0 Å². The van der Waals surface area contributed by atoms with Crippen LogP contribution in [0.2, 0.25) is 0 Å². The molecule has 0 spiro atoms. The summed E-state index contributed by atoms with van der Waals surface area (Å²) in [4.78, 5) is 4.57. The van der Waals surface area contributed by atoms with Gasteiger partial charge >= 0.3 is 0 Å².